The molecule has 134 valence electrons. The predicted molar refractivity (Wildman–Crippen MR) is 95.3 cm³/mol. The summed E-state index contributed by atoms with van der Waals surface area (Å²) in [4.78, 5) is 19.4. The van der Waals surface area contributed by atoms with Gasteiger partial charge in [0.25, 0.3) is 6.01 Å². The van der Waals surface area contributed by atoms with Gasteiger partial charge >= 0.3 is 0 Å². The van der Waals surface area contributed by atoms with E-state index in [4.69, 9.17) is 9.15 Å². The maximum atomic E-state index is 13.0. The SMILES string of the molecule is CC1CN(C(=O)C(CNc2nc3ccccc3o2)C2CCOCC2)C1. The third-order valence-corrected chi connectivity index (χ3v) is 5.30. The lowest BCUT2D eigenvalue weighted by molar-refractivity contribution is -0.144. The first-order chi connectivity index (χ1) is 12.2. The van der Waals surface area contributed by atoms with Crippen LogP contribution in [-0.2, 0) is 9.53 Å². The van der Waals surface area contributed by atoms with Crippen molar-refractivity contribution in [1.82, 2.24) is 9.88 Å². The zero-order valence-corrected chi connectivity index (χ0v) is 14.6. The lowest BCUT2D eigenvalue weighted by Gasteiger charge is -2.41. The fourth-order valence-electron chi connectivity index (χ4n) is 3.83. The molecule has 1 aromatic carbocycles. The van der Waals surface area contributed by atoms with E-state index in [9.17, 15) is 4.79 Å². The predicted octanol–water partition coefficient (Wildman–Crippen LogP) is 2.76. The number of nitrogens with zero attached hydrogens (tertiary/aromatic N) is 2. The van der Waals surface area contributed by atoms with E-state index in [1.807, 2.05) is 29.2 Å². The summed E-state index contributed by atoms with van der Waals surface area (Å²) in [5.74, 6) is 1.18. The lowest BCUT2D eigenvalue weighted by Crippen LogP contribution is -2.53. The number of aromatic nitrogens is 1. The van der Waals surface area contributed by atoms with Gasteiger partial charge in [0, 0.05) is 32.8 Å². The molecule has 2 aromatic rings. The van der Waals surface area contributed by atoms with Crippen LogP contribution in [0.25, 0.3) is 11.1 Å². The number of carbonyl (C=O) groups excluding carboxylic acids is 1. The number of fused-ring (bicyclic) bond motifs is 1. The Balaban J connectivity index is 1.46. The number of hydrogen-bond acceptors (Lipinski definition) is 5. The van der Waals surface area contributed by atoms with Crippen LogP contribution in [0.15, 0.2) is 28.7 Å². The summed E-state index contributed by atoms with van der Waals surface area (Å²) in [5, 5.41) is 3.26. The average Bonchev–Trinajstić information content (AvgIpc) is 3.03. The number of carbonyl (C=O) groups is 1. The van der Waals surface area contributed by atoms with Gasteiger partial charge < -0.3 is 19.4 Å². The molecule has 0 radical (unpaired) electrons. The molecule has 2 aliphatic heterocycles. The quantitative estimate of drug-likeness (QED) is 0.904. The van der Waals surface area contributed by atoms with Crippen LogP contribution in [0.3, 0.4) is 0 Å². The second kappa shape index (κ2) is 7.04. The van der Waals surface area contributed by atoms with Gasteiger partial charge in [-0.05, 0) is 36.8 Å². The van der Waals surface area contributed by atoms with Crippen LogP contribution in [0.2, 0.25) is 0 Å². The molecular formula is C19H25N3O3. The van der Waals surface area contributed by atoms with Crippen molar-refractivity contribution in [3.8, 4) is 0 Å². The molecular weight excluding hydrogens is 318 g/mol. The third kappa shape index (κ3) is 3.49. The number of ether oxygens (including phenoxy) is 1. The van der Waals surface area contributed by atoms with Crippen molar-refractivity contribution in [3.05, 3.63) is 24.3 Å². The minimum absolute atomic E-state index is 0.0496. The highest BCUT2D eigenvalue weighted by Crippen LogP contribution is 2.29. The Morgan fingerprint density at radius 2 is 2.08 bits per heavy atom. The highest BCUT2D eigenvalue weighted by Gasteiger charge is 2.37. The van der Waals surface area contributed by atoms with Crippen LogP contribution >= 0.6 is 0 Å². The minimum Gasteiger partial charge on any atom is -0.424 e. The Bertz CT molecular complexity index is 699. The molecule has 2 fully saturated rings. The molecule has 6 heteroatoms. The van der Waals surface area contributed by atoms with Gasteiger partial charge in [0.1, 0.15) is 5.52 Å². The van der Waals surface area contributed by atoms with Gasteiger partial charge in [-0.2, -0.15) is 4.98 Å². The number of benzene rings is 1. The molecule has 0 bridgehead atoms. The Hall–Kier alpha value is -2.08. The molecule has 4 rings (SSSR count). The van der Waals surface area contributed by atoms with Crippen molar-refractivity contribution in [2.45, 2.75) is 19.8 Å². The molecule has 1 atom stereocenters. The minimum atomic E-state index is -0.0496. The zero-order chi connectivity index (χ0) is 17.2. The van der Waals surface area contributed by atoms with E-state index in [0.717, 1.165) is 50.2 Å². The molecule has 1 amide bonds. The fourth-order valence-corrected chi connectivity index (χ4v) is 3.83. The highest BCUT2D eigenvalue weighted by atomic mass is 16.5. The number of oxazole rings is 1. The van der Waals surface area contributed by atoms with Crippen LogP contribution in [-0.4, -0.2) is 48.6 Å². The summed E-state index contributed by atoms with van der Waals surface area (Å²) in [6, 6.07) is 8.18. The van der Waals surface area contributed by atoms with Gasteiger partial charge in [-0.3, -0.25) is 4.79 Å². The van der Waals surface area contributed by atoms with Gasteiger partial charge in [-0.25, -0.2) is 0 Å². The van der Waals surface area contributed by atoms with Crippen molar-refractivity contribution >= 4 is 23.0 Å². The van der Waals surface area contributed by atoms with Gasteiger partial charge in [0.05, 0.1) is 5.92 Å². The largest absolute Gasteiger partial charge is 0.424 e. The van der Waals surface area contributed by atoms with Crippen molar-refractivity contribution in [2.75, 3.05) is 38.2 Å². The van der Waals surface area contributed by atoms with E-state index in [0.29, 0.717) is 24.4 Å². The summed E-state index contributed by atoms with van der Waals surface area (Å²) < 4.78 is 11.2. The van der Waals surface area contributed by atoms with E-state index in [2.05, 4.69) is 17.2 Å². The number of hydrogen-bond donors (Lipinski definition) is 1. The number of rotatable bonds is 5. The standard InChI is InChI=1S/C19H25N3O3/c1-13-11-22(12-13)18(23)15(14-6-8-24-9-7-14)10-20-19-21-16-4-2-3-5-17(16)25-19/h2-5,13-15H,6-12H2,1H3,(H,20,21). The Labute approximate surface area is 147 Å². The van der Waals surface area contributed by atoms with Crippen LogP contribution < -0.4 is 5.32 Å². The Morgan fingerprint density at radius 3 is 2.80 bits per heavy atom. The molecule has 1 unspecified atom stereocenters. The third-order valence-electron chi connectivity index (χ3n) is 5.30. The van der Waals surface area contributed by atoms with Crippen molar-refractivity contribution in [1.29, 1.82) is 0 Å². The normalized spacial score (nSPS) is 20.4. The molecule has 1 aromatic heterocycles. The van der Waals surface area contributed by atoms with Crippen molar-refractivity contribution in [2.24, 2.45) is 17.8 Å². The van der Waals surface area contributed by atoms with E-state index >= 15 is 0 Å². The van der Waals surface area contributed by atoms with Crippen LogP contribution in [0.1, 0.15) is 19.8 Å². The number of para-hydroxylation sites is 2. The number of nitrogens with one attached hydrogen (secondary N) is 1. The molecule has 0 saturated carbocycles. The fraction of sp³-hybridized carbons (Fsp3) is 0.579. The molecule has 0 aliphatic carbocycles. The van der Waals surface area contributed by atoms with Crippen molar-refractivity contribution < 1.29 is 13.9 Å². The highest BCUT2D eigenvalue weighted by molar-refractivity contribution is 5.80. The lowest BCUT2D eigenvalue weighted by atomic mass is 9.83. The summed E-state index contributed by atoms with van der Waals surface area (Å²) in [7, 11) is 0. The smallest absolute Gasteiger partial charge is 0.295 e. The van der Waals surface area contributed by atoms with E-state index < -0.39 is 0 Å². The summed E-state index contributed by atoms with van der Waals surface area (Å²) in [6.45, 7) is 5.98. The van der Waals surface area contributed by atoms with Crippen LogP contribution in [0.4, 0.5) is 6.01 Å². The molecule has 2 saturated heterocycles. The summed E-state index contributed by atoms with van der Waals surface area (Å²) in [6.07, 6.45) is 1.88. The number of amides is 1. The molecule has 2 aliphatic rings. The maximum Gasteiger partial charge on any atom is 0.295 e. The molecule has 25 heavy (non-hydrogen) atoms. The van der Waals surface area contributed by atoms with Gasteiger partial charge in [-0.15, -0.1) is 0 Å². The topological polar surface area (TPSA) is 67.6 Å². The average molecular weight is 343 g/mol. The second-order valence-corrected chi connectivity index (χ2v) is 7.27. The first kappa shape index (κ1) is 16.4. The summed E-state index contributed by atoms with van der Waals surface area (Å²) >= 11 is 0. The maximum absolute atomic E-state index is 13.0. The first-order valence-electron chi connectivity index (χ1n) is 9.16. The summed E-state index contributed by atoms with van der Waals surface area (Å²) in [5.41, 5.74) is 1.59. The van der Waals surface area contributed by atoms with Gasteiger partial charge in [0.15, 0.2) is 5.58 Å². The van der Waals surface area contributed by atoms with Gasteiger partial charge in [-0.1, -0.05) is 19.1 Å². The van der Waals surface area contributed by atoms with E-state index in [1.54, 1.807) is 0 Å². The second-order valence-electron chi connectivity index (χ2n) is 7.27. The van der Waals surface area contributed by atoms with Gasteiger partial charge in [0.2, 0.25) is 5.91 Å². The van der Waals surface area contributed by atoms with Crippen molar-refractivity contribution in [3.63, 3.8) is 0 Å². The zero-order valence-electron chi connectivity index (χ0n) is 14.6. The number of likely N-dealkylation sites (tertiary alicyclic amines) is 1. The Morgan fingerprint density at radius 1 is 1.32 bits per heavy atom. The van der Waals surface area contributed by atoms with Crippen LogP contribution in [0.5, 0.6) is 0 Å². The first-order valence-corrected chi connectivity index (χ1v) is 9.16. The molecule has 0 spiro atoms. The molecule has 6 nitrogen and oxygen atoms in total. The van der Waals surface area contributed by atoms with E-state index in [1.165, 1.54) is 0 Å². The monoisotopic (exact) mass is 343 g/mol. The molecule has 3 heterocycles. The number of anilines is 1. The van der Waals surface area contributed by atoms with E-state index in [-0.39, 0.29) is 11.8 Å². The molecule has 1 N–H and O–H groups in total. The van der Waals surface area contributed by atoms with Crippen LogP contribution in [0, 0.1) is 17.8 Å². The Kier molecular flexibility index (Phi) is 4.61.